The van der Waals surface area contributed by atoms with Gasteiger partial charge in [-0.1, -0.05) is 18.2 Å². The fourth-order valence-corrected chi connectivity index (χ4v) is 2.29. The Kier molecular flexibility index (Phi) is 3.62. The molecule has 3 nitrogen and oxygen atoms in total. The Labute approximate surface area is 107 Å². The maximum Gasteiger partial charge on any atom is 0.157 e. The Balaban J connectivity index is 1.53. The standard InChI is InChI=1S/C15H18O3/c1-2-6-14-12(5-1)11-13(18-14)8-10-17-15-7-3-4-9-16-15/h1-2,5-6,11,15H,3-4,7-10H2. The number of fused-ring (bicyclic) bond motifs is 1. The molecule has 0 N–H and O–H groups in total. The molecule has 3 rings (SSSR count). The van der Waals surface area contributed by atoms with E-state index in [0.717, 1.165) is 42.6 Å². The summed E-state index contributed by atoms with van der Waals surface area (Å²) in [6, 6.07) is 10.1. The molecular formula is C15H18O3. The zero-order valence-corrected chi connectivity index (χ0v) is 10.4. The van der Waals surface area contributed by atoms with Crippen LogP contribution in [0.25, 0.3) is 11.0 Å². The molecule has 2 aromatic rings. The summed E-state index contributed by atoms with van der Waals surface area (Å²) >= 11 is 0. The second-order valence-electron chi connectivity index (χ2n) is 4.67. The molecule has 1 aromatic heterocycles. The van der Waals surface area contributed by atoms with Crippen LogP contribution in [0.2, 0.25) is 0 Å². The van der Waals surface area contributed by atoms with Crippen LogP contribution in [0.3, 0.4) is 0 Å². The third-order valence-electron chi connectivity index (χ3n) is 3.27. The number of para-hydroxylation sites is 1. The van der Waals surface area contributed by atoms with Crippen LogP contribution < -0.4 is 0 Å². The van der Waals surface area contributed by atoms with E-state index in [0.29, 0.717) is 6.61 Å². The zero-order chi connectivity index (χ0) is 12.2. The van der Waals surface area contributed by atoms with Gasteiger partial charge in [0.2, 0.25) is 0 Å². The molecule has 0 spiro atoms. The van der Waals surface area contributed by atoms with Crippen molar-refractivity contribution in [2.24, 2.45) is 0 Å². The van der Waals surface area contributed by atoms with Crippen LogP contribution in [0, 0.1) is 0 Å². The van der Waals surface area contributed by atoms with Gasteiger partial charge in [0.25, 0.3) is 0 Å². The first-order valence-corrected chi connectivity index (χ1v) is 6.62. The van der Waals surface area contributed by atoms with Crippen LogP contribution in [0.4, 0.5) is 0 Å². The number of ether oxygens (including phenoxy) is 2. The van der Waals surface area contributed by atoms with E-state index in [1.54, 1.807) is 0 Å². The van der Waals surface area contributed by atoms with Crippen molar-refractivity contribution < 1.29 is 13.9 Å². The van der Waals surface area contributed by atoms with Gasteiger partial charge in [-0.2, -0.15) is 0 Å². The minimum atomic E-state index is -0.0110. The summed E-state index contributed by atoms with van der Waals surface area (Å²) < 4.78 is 17.0. The van der Waals surface area contributed by atoms with E-state index < -0.39 is 0 Å². The molecule has 1 saturated heterocycles. The number of benzene rings is 1. The Hall–Kier alpha value is -1.32. The summed E-state index contributed by atoms with van der Waals surface area (Å²) in [7, 11) is 0. The topological polar surface area (TPSA) is 31.6 Å². The lowest BCUT2D eigenvalue weighted by atomic mass is 10.2. The molecule has 1 aliphatic heterocycles. The van der Waals surface area contributed by atoms with Crippen molar-refractivity contribution in [3.63, 3.8) is 0 Å². The van der Waals surface area contributed by atoms with Gasteiger partial charge in [-0.3, -0.25) is 0 Å². The summed E-state index contributed by atoms with van der Waals surface area (Å²) in [5.41, 5.74) is 0.946. The molecule has 1 fully saturated rings. The van der Waals surface area contributed by atoms with Gasteiger partial charge in [0.05, 0.1) is 6.61 Å². The average molecular weight is 246 g/mol. The predicted octanol–water partition coefficient (Wildman–Crippen LogP) is 3.52. The summed E-state index contributed by atoms with van der Waals surface area (Å²) in [6.07, 6.45) is 4.16. The van der Waals surface area contributed by atoms with Gasteiger partial charge >= 0.3 is 0 Å². The smallest absolute Gasteiger partial charge is 0.157 e. The van der Waals surface area contributed by atoms with Crippen molar-refractivity contribution in [2.75, 3.05) is 13.2 Å². The lowest BCUT2D eigenvalue weighted by molar-refractivity contribution is -0.162. The highest BCUT2D eigenvalue weighted by Gasteiger charge is 2.14. The third-order valence-corrected chi connectivity index (χ3v) is 3.27. The maximum atomic E-state index is 5.74. The van der Waals surface area contributed by atoms with Crippen LogP contribution >= 0.6 is 0 Å². The van der Waals surface area contributed by atoms with Crippen molar-refractivity contribution in [3.05, 3.63) is 36.1 Å². The molecule has 1 aromatic carbocycles. The Morgan fingerprint density at radius 2 is 2.17 bits per heavy atom. The van der Waals surface area contributed by atoms with Gasteiger partial charge in [0.1, 0.15) is 11.3 Å². The third kappa shape index (κ3) is 2.74. The molecule has 0 radical (unpaired) electrons. The van der Waals surface area contributed by atoms with E-state index in [-0.39, 0.29) is 6.29 Å². The lowest BCUT2D eigenvalue weighted by Crippen LogP contribution is -2.23. The molecule has 1 aliphatic rings. The van der Waals surface area contributed by atoms with Gasteiger partial charge in [-0.05, 0) is 31.4 Å². The van der Waals surface area contributed by atoms with Crippen LogP contribution in [0.5, 0.6) is 0 Å². The van der Waals surface area contributed by atoms with Crippen LogP contribution in [0.1, 0.15) is 25.0 Å². The van der Waals surface area contributed by atoms with Gasteiger partial charge in [0.15, 0.2) is 6.29 Å². The second-order valence-corrected chi connectivity index (χ2v) is 4.67. The highest BCUT2D eigenvalue weighted by Crippen LogP contribution is 2.20. The number of furan rings is 1. The van der Waals surface area contributed by atoms with E-state index in [1.165, 1.54) is 6.42 Å². The first-order valence-electron chi connectivity index (χ1n) is 6.62. The molecule has 0 amide bonds. The average Bonchev–Trinajstić information content (AvgIpc) is 2.82. The first kappa shape index (κ1) is 11.8. The Bertz CT molecular complexity index is 464. The van der Waals surface area contributed by atoms with E-state index in [4.69, 9.17) is 13.9 Å². The van der Waals surface area contributed by atoms with E-state index in [9.17, 15) is 0 Å². The highest BCUT2D eigenvalue weighted by atomic mass is 16.7. The Morgan fingerprint density at radius 3 is 3.00 bits per heavy atom. The number of rotatable bonds is 4. The van der Waals surface area contributed by atoms with E-state index in [1.807, 2.05) is 18.2 Å². The quantitative estimate of drug-likeness (QED) is 0.827. The summed E-state index contributed by atoms with van der Waals surface area (Å²) in [6.45, 7) is 1.49. The molecular weight excluding hydrogens is 228 g/mol. The molecule has 96 valence electrons. The predicted molar refractivity (Wildman–Crippen MR) is 69.5 cm³/mol. The van der Waals surface area contributed by atoms with Crippen molar-refractivity contribution in [1.82, 2.24) is 0 Å². The van der Waals surface area contributed by atoms with E-state index in [2.05, 4.69) is 12.1 Å². The molecule has 3 heteroatoms. The lowest BCUT2D eigenvalue weighted by Gasteiger charge is -2.22. The van der Waals surface area contributed by atoms with Crippen molar-refractivity contribution in [2.45, 2.75) is 32.0 Å². The van der Waals surface area contributed by atoms with Crippen molar-refractivity contribution >= 4 is 11.0 Å². The SMILES string of the molecule is c1ccc2oc(CCOC3CCCCO3)cc2c1. The number of hydrogen-bond donors (Lipinski definition) is 0. The van der Waals surface area contributed by atoms with Gasteiger partial charge in [-0.25, -0.2) is 0 Å². The summed E-state index contributed by atoms with van der Waals surface area (Å²) in [5.74, 6) is 0.979. The molecule has 0 saturated carbocycles. The Morgan fingerprint density at radius 1 is 1.22 bits per heavy atom. The van der Waals surface area contributed by atoms with Crippen molar-refractivity contribution in [3.8, 4) is 0 Å². The van der Waals surface area contributed by atoms with Crippen LogP contribution in [0.15, 0.2) is 34.7 Å². The maximum absolute atomic E-state index is 5.74. The normalized spacial score (nSPS) is 20.3. The second kappa shape index (κ2) is 5.55. The zero-order valence-electron chi connectivity index (χ0n) is 10.4. The molecule has 2 heterocycles. The minimum absolute atomic E-state index is 0.0110. The van der Waals surface area contributed by atoms with Crippen LogP contribution in [-0.4, -0.2) is 19.5 Å². The van der Waals surface area contributed by atoms with Crippen molar-refractivity contribution in [1.29, 1.82) is 0 Å². The molecule has 0 aliphatic carbocycles. The molecule has 1 atom stereocenters. The first-order chi connectivity index (χ1) is 8.92. The largest absolute Gasteiger partial charge is 0.461 e. The minimum Gasteiger partial charge on any atom is -0.461 e. The summed E-state index contributed by atoms with van der Waals surface area (Å²) in [4.78, 5) is 0. The fourth-order valence-electron chi connectivity index (χ4n) is 2.29. The van der Waals surface area contributed by atoms with Gasteiger partial charge < -0.3 is 13.9 Å². The monoisotopic (exact) mass is 246 g/mol. The van der Waals surface area contributed by atoms with E-state index >= 15 is 0 Å². The summed E-state index contributed by atoms with van der Waals surface area (Å²) in [5, 5.41) is 1.15. The molecule has 18 heavy (non-hydrogen) atoms. The van der Waals surface area contributed by atoms with Gasteiger partial charge in [-0.15, -0.1) is 0 Å². The molecule has 1 unspecified atom stereocenters. The highest BCUT2D eigenvalue weighted by molar-refractivity contribution is 5.77. The van der Waals surface area contributed by atoms with Gasteiger partial charge in [0, 0.05) is 18.4 Å². The van der Waals surface area contributed by atoms with Crippen LogP contribution in [-0.2, 0) is 15.9 Å². The fraction of sp³-hybridized carbons (Fsp3) is 0.467. The number of hydrogen-bond acceptors (Lipinski definition) is 3. The molecule has 0 bridgehead atoms.